The predicted octanol–water partition coefficient (Wildman–Crippen LogP) is 0.975. The summed E-state index contributed by atoms with van der Waals surface area (Å²) >= 11 is 6.22. The fourth-order valence-corrected chi connectivity index (χ4v) is 6.77. The lowest BCUT2D eigenvalue weighted by molar-refractivity contribution is -0.129. The van der Waals surface area contributed by atoms with E-state index in [1.54, 1.807) is 7.11 Å². The molecular formula is C19H34ClFN4O4S. The van der Waals surface area contributed by atoms with Crippen LogP contribution in [0.5, 0.6) is 0 Å². The molecule has 1 aliphatic heterocycles. The SMILES string of the molecule is CO[C@H]1CCCC[C@@H]1CS(=O)(=O)NNC(=O)C1CC(C2CN(C)CN2)CC(Cl)C1F. The van der Waals surface area contributed by atoms with Gasteiger partial charge in [0.2, 0.25) is 15.9 Å². The highest BCUT2D eigenvalue weighted by atomic mass is 35.5. The van der Waals surface area contributed by atoms with Gasteiger partial charge in [0.05, 0.1) is 23.2 Å². The van der Waals surface area contributed by atoms with Crippen LogP contribution in [0.15, 0.2) is 0 Å². The molecule has 2 aliphatic carbocycles. The number of methoxy groups -OCH3 is 1. The van der Waals surface area contributed by atoms with Crippen molar-refractivity contribution >= 4 is 27.5 Å². The zero-order valence-electron chi connectivity index (χ0n) is 17.6. The molecule has 0 spiro atoms. The number of halogens is 2. The Hall–Kier alpha value is -0.520. The molecular weight excluding hydrogens is 435 g/mol. The Bertz CT molecular complexity index is 700. The van der Waals surface area contributed by atoms with Crippen molar-refractivity contribution in [3.63, 3.8) is 0 Å². The number of amides is 1. The van der Waals surface area contributed by atoms with Crippen molar-refractivity contribution in [3.05, 3.63) is 0 Å². The van der Waals surface area contributed by atoms with E-state index >= 15 is 0 Å². The molecule has 0 bridgehead atoms. The van der Waals surface area contributed by atoms with Crippen LogP contribution in [-0.2, 0) is 19.6 Å². The van der Waals surface area contributed by atoms with E-state index in [2.05, 4.69) is 20.5 Å². The smallest absolute Gasteiger partial charge is 0.241 e. The number of nitrogens with zero attached hydrogens (tertiary/aromatic N) is 1. The first-order chi connectivity index (χ1) is 14.2. The fourth-order valence-electron chi connectivity index (χ4n) is 5.08. The Labute approximate surface area is 183 Å². The minimum atomic E-state index is -3.76. The monoisotopic (exact) mass is 468 g/mol. The van der Waals surface area contributed by atoms with E-state index in [9.17, 15) is 17.6 Å². The molecule has 0 aromatic carbocycles. The number of rotatable bonds is 7. The van der Waals surface area contributed by atoms with Gasteiger partial charge in [0.15, 0.2) is 0 Å². The average molecular weight is 469 g/mol. The van der Waals surface area contributed by atoms with E-state index < -0.39 is 33.4 Å². The second-order valence-corrected chi connectivity index (χ2v) is 11.3. The third-order valence-corrected chi connectivity index (χ3v) is 8.46. The van der Waals surface area contributed by atoms with Gasteiger partial charge in [-0.15, -0.1) is 16.4 Å². The molecule has 1 amide bonds. The second kappa shape index (κ2) is 10.4. The van der Waals surface area contributed by atoms with Crippen LogP contribution in [0, 0.1) is 17.8 Å². The van der Waals surface area contributed by atoms with Crippen LogP contribution in [0.4, 0.5) is 4.39 Å². The number of sulfonamides is 1. The lowest BCUT2D eigenvalue weighted by atomic mass is 9.76. The van der Waals surface area contributed by atoms with Crippen LogP contribution in [0.3, 0.4) is 0 Å². The third-order valence-electron chi connectivity index (χ3n) is 6.76. The largest absolute Gasteiger partial charge is 0.381 e. The van der Waals surface area contributed by atoms with Crippen LogP contribution in [-0.4, -0.2) is 76.0 Å². The van der Waals surface area contributed by atoms with Crippen LogP contribution in [0.2, 0.25) is 0 Å². The molecule has 11 heteroatoms. The molecule has 30 heavy (non-hydrogen) atoms. The Morgan fingerprint density at radius 1 is 1.30 bits per heavy atom. The molecule has 0 radical (unpaired) electrons. The molecule has 3 fully saturated rings. The Morgan fingerprint density at radius 2 is 2.03 bits per heavy atom. The maximum atomic E-state index is 14.7. The number of likely N-dealkylation sites (N-methyl/N-ethyl adjacent to an activating group) is 1. The first-order valence-electron chi connectivity index (χ1n) is 10.7. The van der Waals surface area contributed by atoms with Crippen LogP contribution in [0.25, 0.3) is 0 Å². The average Bonchev–Trinajstić information content (AvgIpc) is 3.14. The van der Waals surface area contributed by atoms with Crippen molar-refractivity contribution in [1.29, 1.82) is 0 Å². The van der Waals surface area contributed by atoms with Gasteiger partial charge in [-0.05, 0) is 38.6 Å². The molecule has 1 saturated heterocycles. The number of hydrazine groups is 1. The maximum Gasteiger partial charge on any atom is 0.241 e. The normalized spacial score (nSPS) is 38.5. The minimum absolute atomic E-state index is 0.0570. The summed E-state index contributed by atoms with van der Waals surface area (Å²) in [4.78, 5) is 16.9. The molecule has 0 aromatic heterocycles. The number of ether oxygens (including phenoxy) is 1. The molecule has 5 unspecified atom stereocenters. The standard InChI is InChI=1S/C19H34ClFN4O4S/c1-25-9-16(22-11-25)13-7-14(18(21)15(20)8-13)19(26)23-24-30(27,28)10-12-5-3-4-6-17(12)29-2/h12-18,22,24H,3-11H2,1-2H3,(H,23,26)/t12-,13?,14?,15?,16?,17+,18?/m1/s1. The zero-order valence-corrected chi connectivity index (χ0v) is 19.2. The summed E-state index contributed by atoms with van der Waals surface area (Å²) < 4.78 is 45.1. The highest BCUT2D eigenvalue weighted by Crippen LogP contribution is 2.37. The Morgan fingerprint density at radius 3 is 2.70 bits per heavy atom. The van der Waals surface area contributed by atoms with Gasteiger partial charge in [0.1, 0.15) is 6.17 Å². The van der Waals surface area contributed by atoms with E-state index in [0.717, 1.165) is 38.9 Å². The molecule has 3 aliphatic rings. The van der Waals surface area contributed by atoms with Gasteiger partial charge < -0.3 is 4.74 Å². The topological polar surface area (TPSA) is 99.8 Å². The van der Waals surface area contributed by atoms with E-state index in [0.29, 0.717) is 12.8 Å². The van der Waals surface area contributed by atoms with Crippen molar-refractivity contribution in [3.8, 4) is 0 Å². The van der Waals surface area contributed by atoms with E-state index in [1.807, 2.05) is 7.05 Å². The van der Waals surface area contributed by atoms with Crippen molar-refractivity contribution in [2.75, 3.05) is 33.1 Å². The van der Waals surface area contributed by atoms with E-state index in [1.165, 1.54) is 0 Å². The highest BCUT2D eigenvalue weighted by Gasteiger charge is 2.44. The van der Waals surface area contributed by atoms with Crippen molar-refractivity contribution < 1.29 is 22.3 Å². The number of carbonyl (C=O) groups excluding carboxylic acids is 1. The van der Waals surface area contributed by atoms with Crippen LogP contribution in [0.1, 0.15) is 38.5 Å². The minimum Gasteiger partial charge on any atom is -0.381 e. The summed E-state index contributed by atoms with van der Waals surface area (Å²) in [5, 5.41) is 2.60. The van der Waals surface area contributed by atoms with Crippen LogP contribution < -0.4 is 15.6 Å². The second-order valence-electron chi connectivity index (χ2n) is 9.00. The number of alkyl halides is 2. The summed E-state index contributed by atoms with van der Waals surface area (Å²) in [6.07, 6.45) is 2.78. The molecule has 0 aromatic rings. The summed E-state index contributed by atoms with van der Waals surface area (Å²) in [6, 6.07) is 0.146. The Balaban J connectivity index is 1.55. The summed E-state index contributed by atoms with van der Waals surface area (Å²) in [6.45, 7) is 1.56. The molecule has 3 rings (SSSR count). The summed E-state index contributed by atoms with van der Waals surface area (Å²) in [5.41, 5.74) is 2.24. The van der Waals surface area contributed by atoms with Gasteiger partial charge in [-0.25, -0.2) is 12.8 Å². The molecule has 2 saturated carbocycles. The Kier molecular flexibility index (Phi) is 8.36. The molecule has 1 heterocycles. The fraction of sp³-hybridized carbons (Fsp3) is 0.947. The summed E-state index contributed by atoms with van der Waals surface area (Å²) in [5.74, 6) is -1.85. The van der Waals surface area contributed by atoms with Crippen molar-refractivity contribution in [2.24, 2.45) is 17.8 Å². The van der Waals surface area contributed by atoms with Crippen molar-refractivity contribution in [1.82, 2.24) is 20.5 Å². The van der Waals surface area contributed by atoms with Gasteiger partial charge in [-0.1, -0.05) is 12.8 Å². The van der Waals surface area contributed by atoms with E-state index in [4.69, 9.17) is 16.3 Å². The van der Waals surface area contributed by atoms with Crippen LogP contribution >= 0.6 is 11.6 Å². The zero-order chi connectivity index (χ0) is 21.9. The molecule has 8 nitrogen and oxygen atoms in total. The first kappa shape index (κ1) is 24.1. The predicted molar refractivity (Wildman–Crippen MR) is 113 cm³/mol. The lowest BCUT2D eigenvalue weighted by Crippen LogP contribution is -2.53. The number of hydrogen-bond donors (Lipinski definition) is 3. The molecule has 3 N–H and O–H groups in total. The van der Waals surface area contributed by atoms with Gasteiger partial charge in [0.25, 0.3) is 0 Å². The summed E-state index contributed by atoms with van der Waals surface area (Å²) in [7, 11) is -0.182. The number of hydrogen-bond acceptors (Lipinski definition) is 6. The maximum absolute atomic E-state index is 14.7. The quantitative estimate of drug-likeness (QED) is 0.380. The van der Waals surface area contributed by atoms with Crippen molar-refractivity contribution in [2.45, 2.75) is 62.2 Å². The molecule has 7 atom stereocenters. The first-order valence-corrected chi connectivity index (χ1v) is 12.8. The lowest BCUT2D eigenvalue weighted by Gasteiger charge is -2.37. The third kappa shape index (κ3) is 6.04. The van der Waals surface area contributed by atoms with Gasteiger partial charge >= 0.3 is 0 Å². The van der Waals surface area contributed by atoms with Gasteiger partial charge in [0, 0.05) is 32.3 Å². The highest BCUT2D eigenvalue weighted by molar-refractivity contribution is 7.89. The van der Waals surface area contributed by atoms with Gasteiger partial charge in [-0.2, -0.15) is 0 Å². The molecule has 174 valence electrons. The van der Waals surface area contributed by atoms with Gasteiger partial charge in [-0.3, -0.25) is 20.4 Å². The number of carbonyl (C=O) groups is 1. The number of nitrogens with one attached hydrogen (secondary N) is 3. The van der Waals surface area contributed by atoms with E-state index in [-0.39, 0.29) is 29.7 Å².